The number of hydrogen-bond donors (Lipinski definition) is 1. The van der Waals surface area contributed by atoms with E-state index in [1.165, 1.54) is 24.5 Å². The molecule has 0 aliphatic heterocycles. The number of carbonyl (C=O) groups excluding carboxylic acids is 1. The maximum absolute atomic E-state index is 12.4. The van der Waals surface area contributed by atoms with Crippen molar-refractivity contribution in [2.24, 2.45) is 0 Å². The van der Waals surface area contributed by atoms with Crippen LogP contribution < -0.4 is 19.5 Å². The maximum Gasteiger partial charge on any atom is 0.268 e. The van der Waals surface area contributed by atoms with Crippen LogP contribution in [0, 0.1) is 18.3 Å². The molecule has 1 heterocycles. The molecule has 0 aliphatic carbocycles. The highest BCUT2D eigenvalue weighted by atomic mass is 35.5. The highest BCUT2D eigenvalue weighted by Gasteiger charge is 2.15. The van der Waals surface area contributed by atoms with Gasteiger partial charge in [-0.25, -0.2) is 0 Å². The molecule has 0 unspecified atom stereocenters. The van der Waals surface area contributed by atoms with E-state index in [2.05, 4.69) is 15.5 Å². The number of anilines is 1. The zero-order valence-corrected chi connectivity index (χ0v) is 19.9. The monoisotopic (exact) mass is 504 g/mol. The van der Waals surface area contributed by atoms with Gasteiger partial charge in [-0.15, -0.1) is 10.2 Å². The van der Waals surface area contributed by atoms with Crippen molar-refractivity contribution in [2.45, 2.75) is 6.92 Å². The molecule has 3 rings (SSSR count). The lowest BCUT2D eigenvalue weighted by molar-refractivity contribution is -0.112. The Morgan fingerprint density at radius 1 is 1.15 bits per heavy atom. The predicted octanol–water partition coefficient (Wildman–Crippen LogP) is 5.17. The summed E-state index contributed by atoms with van der Waals surface area (Å²) in [5.41, 5.74) is 0.347. The second-order valence-corrected chi connectivity index (χ2v) is 8.41. The Hall–Kier alpha value is -3.32. The van der Waals surface area contributed by atoms with Crippen molar-refractivity contribution in [1.82, 2.24) is 10.2 Å². The number of nitriles is 1. The summed E-state index contributed by atoms with van der Waals surface area (Å²) >= 11 is 13.6. The fraction of sp³-hybridized carbons (Fsp3) is 0.182. The second-order valence-electron chi connectivity index (χ2n) is 6.41. The molecule has 2 aromatic carbocycles. The van der Waals surface area contributed by atoms with E-state index in [4.69, 9.17) is 37.4 Å². The molecule has 0 atom stereocenters. The molecule has 0 saturated carbocycles. The first-order chi connectivity index (χ1) is 15.9. The van der Waals surface area contributed by atoms with Gasteiger partial charge in [-0.1, -0.05) is 46.7 Å². The molecule has 0 aliphatic rings. The summed E-state index contributed by atoms with van der Waals surface area (Å²) in [5, 5.41) is 21.4. The summed E-state index contributed by atoms with van der Waals surface area (Å²) in [6, 6.07) is 12.2. The predicted molar refractivity (Wildman–Crippen MR) is 127 cm³/mol. The Bertz CT molecular complexity index is 1220. The average Bonchev–Trinajstić information content (AvgIpc) is 3.21. The van der Waals surface area contributed by atoms with E-state index in [9.17, 15) is 10.1 Å². The highest BCUT2D eigenvalue weighted by molar-refractivity contribution is 7.15. The maximum atomic E-state index is 12.4. The third-order valence-corrected chi connectivity index (χ3v) is 5.45. The van der Waals surface area contributed by atoms with E-state index in [0.29, 0.717) is 38.0 Å². The molecule has 1 N–H and O–H groups in total. The number of methoxy groups -OCH3 is 1. The lowest BCUT2D eigenvalue weighted by Gasteiger charge is -2.14. The van der Waals surface area contributed by atoms with Gasteiger partial charge in [0.15, 0.2) is 11.5 Å². The summed E-state index contributed by atoms with van der Waals surface area (Å²) < 4.78 is 16.7. The van der Waals surface area contributed by atoms with Gasteiger partial charge in [-0.2, -0.15) is 5.26 Å². The van der Waals surface area contributed by atoms with Gasteiger partial charge < -0.3 is 14.2 Å². The van der Waals surface area contributed by atoms with Gasteiger partial charge in [0.2, 0.25) is 5.13 Å². The van der Waals surface area contributed by atoms with Crippen LogP contribution in [0.3, 0.4) is 0 Å². The lowest BCUT2D eigenvalue weighted by Crippen LogP contribution is -2.13. The van der Waals surface area contributed by atoms with Crippen molar-refractivity contribution in [3.05, 3.63) is 62.6 Å². The number of carbonyl (C=O) groups is 1. The van der Waals surface area contributed by atoms with Crippen LogP contribution in [-0.4, -0.2) is 36.4 Å². The normalized spacial score (nSPS) is 10.9. The van der Waals surface area contributed by atoms with Crippen molar-refractivity contribution in [2.75, 3.05) is 25.6 Å². The van der Waals surface area contributed by atoms with Gasteiger partial charge in [0.1, 0.15) is 35.6 Å². The van der Waals surface area contributed by atoms with Gasteiger partial charge in [0, 0.05) is 0 Å². The number of rotatable bonds is 9. The molecular formula is C22H18Cl2N4O4S. The molecule has 8 nitrogen and oxygen atoms in total. The van der Waals surface area contributed by atoms with Crippen LogP contribution in [0.1, 0.15) is 10.6 Å². The average molecular weight is 505 g/mol. The third-order valence-electron chi connectivity index (χ3n) is 4.10. The van der Waals surface area contributed by atoms with Crippen molar-refractivity contribution in [3.8, 4) is 23.3 Å². The standard InChI is InChI=1S/C22H18Cl2N4O4S/c1-13-27-28-22(33-13)26-21(29)15(12-25)9-14-10-17(24)20(19(11-14)30-2)32-8-7-31-18-6-4-3-5-16(18)23/h3-6,9-11H,7-8H2,1-2H3,(H,26,28,29). The molecule has 0 saturated heterocycles. The molecule has 11 heteroatoms. The third kappa shape index (κ3) is 6.58. The van der Waals surface area contributed by atoms with Crippen LogP contribution >= 0.6 is 34.5 Å². The number of nitrogens with zero attached hydrogens (tertiary/aromatic N) is 3. The molecule has 0 radical (unpaired) electrons. The number of para-hydroxylation sites is 1. The minimum atomic E-state index is -0.610. The molecular weight excluding hydrogens is 487 g/mol. The van der Waals surface area contributed by atoms with Gasteiger partial charge in [-0.05, 0) is 42.8 Å². The van der Waals surface area contributed by atoms with E-state index in [0.717, 1.165) is 0 Å². The number of aryl methyl sites for hydroxylation is 1. The number of nitrogens with one attached hydrogen (secondary N) is 1. The Morgan fingerprint density at radius 3 is 2.58 bits per heavy atom. The molecule has 1 amide bonds. The molecule has 1 aromatic heterocycles. The summed E-state index contributed by atoms with van der Waals surface area (Å²) in [4.78, 5) is 12.4. The topological polar surface area (TPSA) is 106 Å². The minimum absolute atomic E-state index is 0.136. The van der Waals surface area contributed by atoms with Crippen LogP contribution in [0.4, 0.5) is 5.13 Å². The molecule has 0 fully saturated rings. The number of aromatic nitrogens is 2. The van der Waals surface area contributed by atoms with Crippen molar-refractivity contribution >= 4 is 51.7 Å². The van der Waals surface area contributed by atoms with Gasteiger partial charge in [0.25, 0.3) is 5.91 Å². The van der Waals surface area contributed by atoms with Crippen LogP contribution in [0.2, 0.25) is 10.0 Å². The van der Waals surface area contributed by atoms with Gasteiger partial charge >= 0.3 is 0 Å². The zero-order chi connectivity index (χ0) is 23.8. The Balaban J connectivity index is 1.70. The molecule has 0 bridgehead atoms. The number of hydrogen-bond acceptors (Lipinski definition) is 8. The highest BCUT2D eigenvalue weighted by Crippen LogP contribution is 2.37. The number of benzene rings is 2. The van der Waals surface area contributed by atoms with E-state index >= 15 is 0 Å². The quantitative estimate of drug-likeness (QED) is 0.243. The van der Waals surface area contributed by atoms with Crippen molar-refractivity contribution < 1.29 is 19.0 Å². The number of ether oxygens (including phenoxy) is 3. The SMILES string of the molecule is COc1cc(C=C(C#N)C(=O)Nc2nnc(C)s2)cc(Cl)c1OCCOc1ccccc1Cl. The van der Waals surface area contributed by atoms with Crippen LogP contribution in [-0.2, 0) is 4.79 Å². The molecule has 33 heavy (non-hydrogen) atoms. The van der Waals surface area contributed by atoms with E-state index in [-0.39, 0.29) is 23.8 Å². The largest absolute Gasteiger partial charge is 0.493 e. The lowest BCUT2D eigenvalue weighted by atomic mass is 10.1. The fourth-order valence-corrected chi connectivity index (χ4v) is 3.70. The van der Waals surface area contributed by atoms with Crippen LogP contribution in [0.25, 0.3) is 6.08 Å². The van der Waals surface area contributed by atoms with Crippen molar-refractivity contribution in [3.63, 3.8) is 0 Å². The first kappa shape index (κ1) is 24.3. The minimum Gasteiger partial charge on any atom is -0.493 e. The fourth-order valence-electron chi connectivity index (χ4n) is 2.65. The number of amides is 1. The molecule has 170 valence electrons. The Labute approximate surface area is 204 Å². The van der Waals surface area contributed by atoms with Crippen LogP contribution in [0.15, 0.2) is 42.0 Å². The summed E-state index contributed by atoms with van der Waals surface area (Å²) in [6.07, 6.45) is 1.39. The smallest absolute Gasteiger partial charge is 0.268 e. The van der Waals surface area contributed by atoms with Gasteiger partial charge in [0.05, 0.1) is 17.2 Å². The summed E-state index contributed by atoms with van der Waals surface area (Å²) in [5.74, 6) is 0.586. The first-order valence-corrected chi connectivity index (χ1v) is 11.1. The molecule has 3 aromatic rings. The second kappa shape index (κ2) is 11.5. The zero-order valence-electron chi connectivity index (χ0n) is 17.6. The Kier molecular flexibility index (Phi) is 8.49. The molecule has 0 spiro atoms. The van der Waals surface area contributed by atoms with Crippen molar-refractivity contribution in [1.29, 1.82) is 5.26 Å². The Morgan fingerprint density at radius 2 is 1.91 bits per heavy atom. The first-order valence-electron chi connectivity index (χ1n) is 9.52. The van der Waals surface area contributed by atoms with E-state index < -0.39 is 5.91 Å². The summed E-state index contributed by atoms with van der Waals surface area (Å²) in [7, 11) is 1.46. The van der Waals surface area contributed by atoms with Gasteiger partial charge in [-0.3, -0.25) is 10.1 Å². The summed E-state index contributed by atoms with van der Waals surface area (Å²) in [6.45, 7) is 2.17. The van der Waals surface area contributed by atoms with E-state index in [1.54, 1.807) is 31.2 Å². The van der Waals surface area contributed by atoms with E-state index in [1.807, 2.05) is 18.2 Å². The number of halogens is 2. The van der Waals surface area contributed by atoms with Crippen LogP contribution in [0.5, 0.6) is 17.2 Å².